The summed E-state index contributed by atoms with van der Waals surface area (Å²) in [6, 6.07) is 0. The molecule has 0 saturated carbocycles. The molecule has 6 heavy (non-hydrogen) atoms. The molecule has 0 aliphatic carbocycles. The van der Waals surface area contributed by atoms with Gasteiger partial charge in [0.2, 0.25) is 0 Å². The van der Waals surface area contributed by atoms with Crippen molar-refractivity contribution >= 4 is 26.5 Å². The maximum absolute atomic E-state index is 8.52. The molecule has 1 radical (unpaired) electrons. The summed E-state index contributed by atoms with van der Waals surface area (Å²) in [5, 5.41) is 0. The largest absolute Gasteiger partial charge is 3.00 e. The number of rotatable bonds is 0. The quantitative estimate of drug-likeness (QED) is 0.347. The Morgan fingerprint density at radius 3 is 1.33 bits per heavy atom. The third kappa shape index (κ3) is 140. The summed E-state index contributed by atoms with van der Waals surface area (Å²) >= 11 is 0. The van der Waals surface area contributed by atoms with E-state index in [1.165, 1.54) is 0 Å². The van der Waals surface area contributed by atoms with Crippen LogP contribution >= 0.6 is 0 Å². The molecule has 0 N–H and O–H groups in total. The molecule has 0 aromatic rings. The first-order chi connectivity index (χ1) is 1.73. The minimum atomic E-state index is -3.63. The Labute approximate surface area is 57.9 Å². The average Bonchev–Trinajstić information content (AvgIpc) is 0.811. The summed E-state index contributed by atoms with van der Waals surface area (Å²) in [7, 11) is -3.63. The van der Waals surface area contributed by atoms with Crippen LogP contribution in [0.25, 0.3) is 0 Å². The summed E-state index contributed by atoms with van der Waals surface area (Å²) < 4.78 is 8.52. The fraction of sp³-hybridized carbons (Fsp3) is 0. The van der Waals surface area contributed by atoms with Crippen molar-refractivity contribution in [3.8, 4) is 0 Å². The SMILES string of the molecule is O=[Si]([O-])[O-].[Al+3].[Mn+2]. The Balaban J connectivity index is -0.0000000450. The third-order valence-corrected chi connectivity index (χ3v) is 0. The van der Waals surface area contributed by atoms with Gasteiger partial charge in [-0.3, -0.25) is 0 Å². The van der Waals surface area contributed by atoms with Crippen molar-refractivity contribution in [3.05, 3.63) is 0 Å². The van der Waals surface area contributed by atoms with Crippen LogP contribution in [0.4, 0.5) is 0 Å². The molecular weight excluding hydrogens is 158 g/mol. The Hall–Kier alpha value is 0.669. The van der Waals surface area contributed by atoms with E-state index in [0.717, 1.165) is 0 Å². The maximum Gasteiger partial charge on any atom is 3.00 e. The van der Waals surface area contributed by atoms with Gasteiger partial charge < -0.3 is 14.1 Å². The van der Waals surface area contributed by atoms with Crippen LogP contribution < -0.4 is 9.59 Å². The zero-order valence-corrected chi connectivity index (χ0v) is 6.02. The van der Waals surface area contributed by atoms with Gasteiger partial charge in [0.25, 0.3) is 0 Å². The minimum Gasteiger partial charge on any atom is -0.672 e. The van der Waals surface area contributed by atoms with Crippen LogP contribution in [0.15, 0.2) is 0 Å². The van der Waals surface area contributed by atoms with E-state index in [2.05, 4.69) is 0 Å². The predicted molar refractivity (Wildman–Crippen MR) is 12.2 cm³/mol. The summed E-state index contributed by atoms with van der Waals surface area (Å²) in [5.74, 6) is 0. The van der Waals surface area contributed by atoms with E-state index in [9.17, 15) is 0 Å². The van der Waals surface area contributed by atoms with Gasteiger partial charge >= 0.3 is 34.4 Å². The Kier molecular flexibility index (Phi) is 24.4. The van der Waals surface area contributed by atoms with Crippen LogP contribution in [-0.2, 0) is 21.5 Å². The summed E-state index contributed by atoms with van der Waals surface area (Å²) in [4.78, 5) is 17.0. The summed E-state index contributed by atoms with van der Waals surface area (Å²) in [5.41, 5.74) is 0. The summed E-state index contributed by atoms with van der Waals surface area (Å²) in [6.07, 6.45) is 0. The normalized spacial score (nSPS) is 4.00. The van der Waals surface area contributed by atoms with Crippen LogP contribution in [0.2, 0.25) is 0 Å². The van der Waals surface area contributed by atoms with Gasteiger partial charge in [-0.05, 0) is 0 Å². The van der Waals surface area contributed by atoms with Crippen LogP contribution in [0.3, 0.4) is 0 Å². The zero-order valence-electron chi connectivity index (χ0n) is 2.68. The van der Waals surface area contributed by atoms with Gasteiger partial charge in [0, 0.05) is 9.17 Å². The molecule has 0 aromatic heterocycles. The molecule has 29 valence electrons. The predicted octanol–water partition coefficient (Wildman–Crippen LogP) is -3.26. The van der Waals surface area contributed by atoms with Crippen molar-refractivity contribution in [1.29, 1.82) is 0 Å². The number of hydrogen-bond donors (Lipinski definition) is 0. The molecule has 0 fully saturated rings. The molecule has 0 bridgehead atoms. The van der Waals surface area contributed by atoms with Gasteiger partial charge in [0.05, 0.1) is 0 Å². The second-order valence-corrected chi connectivity index (χ2v) is 0.750. The Morgan fingerprint density at radius 2 is 1.33 bits per heavy atom. The molecule has 0 rings (SSSR count). The topological polar surface area (TPSA) is 63.2 Å². The van der Waals surface area contributed by atoms with Gasteiger partial charge in [-0.1, -0.05) is 0 Å². The van der Waals surface area contributed by atoms with Gasteiger partial charge in [0.15, 0.2) is 0 Å². The first-order valence-electron chi connectivity index (χ1n) is 0.612. The van der Waals surface area contributed by atoms with Crippen LogP contribution in [0, 0.1) is 0 Å². The average molecular weight is 158 g/mol. The van der Waals surface area contributed by atoms with Crippen LogP contribution in [0.1, 0.15) is 0 Å². The summed E-state index contributed by atoms with van der Waals surface area (Å²) in [6.45, 7) is 0. The second kappa shape index (κ2) is 9.18. The van der Waals surface area contributed by atoms with Crippen LogP contribution in [-0.4, -0.2) is 26.5 Å². The van der Waals surface area contributed by atoms with Crippen molar-refractivity contribution in [2.75, 3.05) is 0 Å². The van der Waals surface area contributed by atoms with Crippen molar-refractivity contribution in [1.82, 2.24) is 0 Å². The first kappa shape index (κ1) is 15.9. The molecule has 0 aromatic carbocycles. The standard InChI is InChI=1S/Al.Mn.O3Si/c;;1-4(2)3/q+3;+2;-2. The smallest absolute Gasteiger partial charge is 0.672 e. The molecule has 0 aliphatic rings. The monoisotopic (exact) mass is 158 g/mol. The van der Waals surface area contributed by atoms with E-state index < -0.39 is 9.17 Å². The molecular formula is AlMnO3Si+3. The first-order valence-corrected chi connectivity index (χ1v) is 1.84. The van der Waals surface area contributed by atoms with Gasteiger partial charge in [-0.25, -0.2) is 0 Å². The zero-order chi connectivity index (χ0) is 3.58. The van der Waals surface area contributed by atoms with E-state index >= 15 is 0 Å². The molecule has 0 unspecified atom stereocenters. The van der Waals surface area contributed by atoms with Gasteiger partial charge in [-0.2, -0.15) is 0 Å². The van der Waals surface area contributed by atoms with E-state index in [1.54, 1.807) is 0 Å². The third-order valence-electron chi connectivity index (χ3n) is 0. The van der Waals surface area contributed by atoms with E-state index in [-0.39, 0.29) is 34.4 Å². The van der Waals surface area contributed by atoms with E-state index in [1.807, 2.05) is 0 Å². The van der Waals surface area contributed by atoms with Gasteiger partial charge in [-0.15, -0.1) is 0 Å². The molecule has 0 saturated heterocycles. The molecule has 0 aliphatic heterocycles. The van der Waals surface area contributed by atoms with Crippen molar-refractivity contribution in [3.63, 3.8) is 0 Å². The van der Waals surface area contributed by atoms with E-state index in [4.69, 9.17) is 14.1 Å². The molecule has 0 amide bonds. The Bertz CT molecular complexity index is 33.8. The minimum absolute atomic E-state index is 0. The van der Waals surface area contributed by atoms with E-state index in [0.29, 0.717) is 0 Å². The number of hydrogen-bond acceptors (Lipinski definition) is 3. The van der Waals surface area contributed by atoms with Gasteiger partial charge in [0.1, 0.15) is 0 Å². The molecule has 3 nitrogen and oxygen atoms in total. The molecule has 0 heterocycles. The van der Waals surface area contributed by atoms with Crippen molar-refractivity contribution in [2.45, 2.75) is 0 Å². The van der Waals surface area contributed by atoms with Crippen LogP contribution in [0.5, 0.6) is 0 Å². The fourth-order valence-electron chi connectivity index (χ4n) is 0. The molecule has 6 heteroatoms. The van der Waals surface area contributed by atoms with Crippen molar-refractivity contribution in [2.24, 2.45) is 0 Å². The Morgan fingerprint density at radius 1 is 1.33 bits per heavy atom. The maximum atomic E-state index is 8.52. The second-order valence-electron chi connectivity index (χ2n) is 0.250. The van der Waals surface area contributed by atoms with Crippen molar-refractivity contribution < 1.29 is 31.1 Å². The molecule has 0 atom stereocenters. The molecule has 0 spiro atoms. The fourth-order valence-corrected chi connectivity index (χ4v) is 0.